The zero-order valence-corrected chi connectivity index (χ0v) is 13.6. The molecular weight excluding hydrogens is 269 g/mol. The largest absolute Gasteiger partial charge is 0.368 e. The van der Waals surface area contributed by atoms with Gasteiger partial charge in [-0.3, -0.25) is 4.79 Å². The van der Waals surface area contributed by atoms with Gasteiger partial charge in [0.1, 0.15) is 0 Å². The van der Waals surface area contributed by atoms with Gasteiger partial charge in [-0.15, -0.1) is 0 Å². The van der Waals surface area contributed by atoms with Crippen LogP contribution in [0.1, 0.15) is 51.4 Å². The molecule has 1 heterocycles. The van der Waals surface area contributed by atoms with Crippen molar-refractivity contribution < 1.29 is 9.18 Å². The van der Waals surface area contributed by atoms with Gasteiger partial charge in [0, 0.05) is 19.3 Å². The molecule has 0 saturated carbocycles. The molecule has 4 nitrogen and oxygen atoms in total. The summed E-state index contributed by atoms with van der Waals surface area (Å²) < 4.78 is 14.2. The molecule has 118 valence electrons. The van der Waals surface area contributed by atoms with Crippen LogP contribution in [0, 0.1) is 17.2 Å². The van der Waals surface area contributed by atoms with Crippen molar-refractivity contribution in [2.24, 2.45) is 11.3 Å². The van der Waals surface area contributed by atoms with Crippen LogP contribution in [0.2, 0.25) is 0 Å². The summed E-state index contributed by atoms with van der Waals surface area (Å²) in [5.41, 5.74) is 0.127. The van der Waals surface area contributed by atoms with Crippen molar-refractivity contribution in [1.29, 1.82) is 0 Å². The third-order valence-corrected chi connectivity index (χ3v) is 3.72. The molecule has 1 amide bonds. The van der Waals surface area contributed by atoms with Gasteiger partial charge in [0.15, 0.2) is 11.6 Å². The van der Waals surface area contributed by atoms with Crippen LogP contribution >= 0.6 is 0 Å². The second-order valence-corrected chi connectivity index (χ2v) is 6.42. The topological polar surface area (TPSA) is 54.0 Å². The van der Waals surface area contributed by atoms with E-state index in [2.05, 4.69) is 43.3 Å². The number of rotatable bonds is 6. The molecule has 0 aliphatic rings. The fourth-order valence-electron chi connectivity index (χ4n) is 1.63. The lowest BCUT2D eigenvalue weighted by Crippen LogP contribution is -2.34. The second-order valence-electron chi connectivity index (χ2n) is 6.42. The third-order valence-electron chi connectivity index (χ3n) is 3.72. The number of nitrogens with zero attached hydrogens (tertiary/aromatic N) is 1. The first-order valence-electron chi connectivity index (χ1n) is 7.44. The van der Waals surface area contributed by atoms with Gasteiger partial charge in [0.05, 0.1) is 5.56 Å². The first-order chi connectivity index (χ1) is 9.77. The van der Waals surface area contributed by atoms with Crippen LogP contribution in [0.4, 0.5) is 10.2 Å². The number of pyridine rings is 1. The van der Waals surface area contributed by atoms with Gasteiger partial charge < -0.3 is 10.6 Å². The average molecular weight is 295 g/mol. The minimum Gasteiger partial charge on any atom is -0.368 e. The maximum Gasteiger partial charge on any atom is 0.254 e. The predicted molar refractivity (Wildman–Crippen MR) is 83.9 cm³/mol. The van der Waals surface area contributed by atoms with Crippen LogP contribution in [0.5, 0.6) is 0 Å². The van der Waals surface area contributed by atoms with E-state index < -0.39 is 11.7 Å². The molecule has 0 saturated heterocycles. The predicted octanol–water partition coefficient (Wildman–Crippen LogP) is 3.45. The Balaban J connectivity index is 2.74. The van der Waals surface area contributed by atoms with Crippen LogP contribution < -0.4 is 10.6 Å². The molecule has 0 fully saturated rings. The molecule has 2 N–H and O–H groups in total. The standard InChI is InChI=1S/C16H26FN3O/c1-6-8-18-14-13(17)12(7-9-19-14)15(21)20-10-11(2)16(3,4)5/h7,9,11H,6,8,10H2,1-5H3,(H,18,19)(H,20,21). The lowest BCUT2D eigenvalue weighted by Gasteiger charge is -2.27. The summed E-state index contributed by atoms with van der Waals surface area (Å²) in [6.07, 6.45) is 2.31. The lowest BCUT2D eigenvalue weighted by atomic mass is 9.82. The number of amides is 1. The maximum atomic E-state index is 14.2. The van der Waals surface area contributed by atoms with Crippen molar-refractivity contribution in [2.75, 3.05) is 18.4 Å². The molecule has 0 spiro atoms. The number of carbonyl (C=O) groups excluding carboxylic acids is 1. The van der Waals surface area contributed by atoms with Crippen molar-refractivity contribution in [2.45, 2.75) is 41.0 Å². The van der Waals surface area contributed by atoms with Crippen molar-refractivity contribution in [1.82, 2.24) is 10.3 Å². The normalized spacial score (nSPS) is 12.9. The maximum absolute atomic E-state index is 14.2. The quantitative estimate of drug-likeness (QED) is 0.845. The van der Waals surface area contributed by atoms with Gasteiger partial charge in [-0.2, -0.15) is 0 Å². The molecule has 0 aliphatic heterocycles. The lowest BCUT2D eigenvalue weighted by molar-refractivity contribution is 0.0933. The van der Waals surface area contributed by atoms with Gasteiger partial charge in [-0.1, -0.05) is 34.6 Å². The Bertz CT molecular complexity index is 483. The first kappa shape index (κ1) is 17.4. The smallest absolute Gasteiger partial charge is 0.254 e. The highest BCUT2D eigenvalue weighted by Gasteiger charge is 2.22. The third kappa shape index (κ3) is 4.99. The Morgan fingerprint density at radius 2 is 2.10 bits per heavy atom. The molecular formula is C16H26FN3O. The number of anilines is 1. The van der Waals surface area contributed by atoms with Gasteiger partial charge >= 0.3 is 0 Å². The van der Waals surface area contributed by atoms with E-state index in [-0.39, 0.29) is 16.8 Å². The summed E-state index contributed by atoms with van der Waals surface area (Å²) in [6, 6.07) is 1.41. The Labute approximate surface area is 126 Å². The molecule has 1 aromatic heterocycles. The molecule has 1 unspecified atom stereocenters. The molecule has 21 heavy (non-hydrogen) atoms. The minimum absolute atomic E-state index is 0.0321. The summed E-state index contributed by atoms with van der Waals surface area (Å²) in [6.45, 7) is 11.5. The Kier molecular flexibility index (Phi) is 6.12. The molecule has 0 aromatic carbocycles. The summed E-state index contributed by atoms with van der Waals surface area (Å²) in [5.74, 6) is -0.560. The minimum atomic E-state index is -0.591. The SMILES string of the molecule is CCCNc1nccc(C(=O)NCC(C)C(C)(C)C)c1F. The van der Waals surface area contributed by atoms with Gasteiger partial charge in [-0.05, 0) is 23.8 Å². The summed E-state index contributed by atoms with van der Waals surface area (Å²) in [4.78, 5) is 16.0. The van der Waals surface area contributed by atoms with E-state index in [1.165, 1.54) is 12.3 Å². The zero-order valence-electron chi connectivity index (χ0n) is 13.6. The fraction of sp³-hybridized carbons (Fsp3) is 0.625. The van der Waals surface area contributed by atoms with E-state index in [0.717, 1.165) is 6.42 Å². The van der Waals surface area contributed by atoms with E-state index in [4.69, 9.17) is 0 Å². The summed E-state index contributed by atoms with van der Waals surface area (Å²) in [5, 5.41) is 5.68. The van der Waals surface area contributed by atoms with E-state index in [1.807, 2.05) is 6.92 Å². The zero-order chi connectivity index (χ0) is 16.0. The van der Waals surface area contributed by atoms with Crippen LogP contribution in [0.25, 0.3) is 0 Å². The van der Waals surface area contributed by atoms with Crippen molar-refractivity contribution in [3.63, 3.8) is 0 Å². The fourth-order valence-corrected chi connectivity index (χ4v) is 1.63. The van der Waals surface area contributed by atoms with E-state index in [9.17, 15) is 9.18 Å². The number of hydrogen-bond acceptors (Lipinski definition) is 3. The van der Waals surface area contributed by atoms with Gasteiger partial charge in [0.2, 0.25) is 0 Å². The highest BCUT2D eigenvalue weighted by molar-refractivity contribution is 5.95. The first-order valence-corrected chi connectivity index (χ1v) is 7.44. The van der Waals surface area contributed by atoms with Crippen molar-refractivity contribution in [3.8, 4) is 0 Å². The molecule has 0 radical (unpaired) electrons. The Morgan fingerprint density at radius 1 is 1.43 bits per heavy atom. The molecule has 1 aromatic rings. The number of hydrogen-bond donors (Lipinski definition) is 2. The van der Waals surface area contributed by atoms with E-state index >= 15 is 0 Å². The number of nitrogens with one attached hydrogen (secondary N) is 2. The molecule has 0 aliphatic carbocycles. The highest BCUT2D eigenvalue weighted by atomic mass is 19.1. The van der Waals surface area contributed by atoms with Gasteiger partial charge in [-0.25, -0.2) is 9.37 Å². The van der Waals surface area contributed by atoms with Crippen molar-refractivity contribution >= 4 is 11.7 Å². The Morgan fingerprint density at radius 3 is 2.67 bits per heavy atom. The van der Waals surface area contributed by atoms with Crippen LogP contribution in [0.15, 0.2) is 12.3 Å². The van der Waals surface area contributed by atoms with Gasteiger partial charge in [0.25, 0.3) is 5.91 Å². The molecule has 1 rings (SSSR count). The molecule has 0 bridgehead atoms. The second kappa shape index (κ2) is 7.38. The van der Waals surface area contributed by atoms with E-state index in [0.29, 0.717) is 19.0 Å². The molecule has 5 heteroatoms. The Hall–Kier alpha value is -1.65. The number of aromatic nitrogens is 1. The summed E-state index contributed by atoms with van der Waals surface area (Å²) in [7, 11) is 0. The molecule has 1 atom stereocenters. The highest BCUT2D eigenvalue weighted by Crippen LogP contribution is 2.24. The summed E-state index contributed by atoms with van der Waals surface area (Å²) >= 11 is 0. The van der Waals surface area contributed by atoms with E-state index in [1.54, 1.807) is 0 Å². The number of carbonyl (C=O) groups is 1. The number of halogens is 1. The van der Waals surface area contributed by atoms with Crippen LogP contribution in [0.3, 0.4) is 0 Å². The average Bonchev–Trinajstić information content (AvgIpc) is 2.42. The van der Waals surface area contributed by atoms with Crippen molar-refractivity contribution in [3.05, 3.63) is 23.6 Å². The van der Waals surface area contributed by atoms with Crippen LogP contribution in [-0.4, -0.2) is 24.0 Å². The van der Waals surface area contributed by atoms with Crippen LogP contribution in [-0.2, 0) is 0 Å². The monoisotopic (exact) mass is 295 g/mol.